The minimum Gasteiger partial charge on any atom is -0.478 e. The summed E-state index contributed by atoms with van der Waals surface area (Å²) in [4.78, 5) is 43.3. The van der Waals surface area contributed by atoms with E-state index in [0.717, 1.165) is 34.4 Å². The van der Waals surface area contributed by atoms with Crippen LogP contribution < -0.4 is 11.3 Å². The van der Waals surface area contributed by atoms with Gasteiger partial charge in [-0.3, -0.25) is 14.3 Å². The Kier molecular flexibility index (Phi) is 7.54. The van der Waals surface area contributed by atoms with Crippen LogP contribution >= 0.6 is 0 Å². The van der Waals surface area contributed by atoms with Crippen molar-refractivity contribution < 1.29 is 14.4 Å². The summed E-state index contributed by atoms with van der Waals surface area (Å²) in [7, 11) is 0. The maximum atomic E-state index is 13.1. The van der Waals surface area contributed by atoms with E-state index >= 15 is 0 Å². The molecule has 40 heavy (non-hydrogen) atoms. The van der Waals surface area contributed by atoms with Crippen LogP contribution in [0, 0.1) is 6.92 Å². The van der Waals surface area contributed by atoms with Crippen LogP contribution in [0.15, 0.2) is 86.9 Å². The lowest BCUT2D eigenvalue weighted by atomic mass is 9.96. The van der Waals surface area contributed by atoms with Gasteiger partial charge in [0, 0.05) is 29.8 Å². The van der Waals surface area contributed by atoms with Crippen LogP contribution in [0.3, 0.4) is 0 Å². The third-order valence-electron chi connectivity index (χ3n) is 6.92. The highest BCUT2D eigenvalue weighted by Crippen LogP contribution is 2.30. The molecule has 0 radical (unpaired) electrons. The Morgan fingerprint density at radius 1 is 0.975 bits per heavy atom. The van der Waals surface area contributed by atoms with E-state index in [2.05, 4.69) is 19.6 Å². The molecular weight excluding hydrogens is 508 g/mol. The van der Waals surface area contributed by atoms with Gasteiger partial charge in [-0.1, -0.05) is 85.2 Å². The largest absolute Gasteiger partial charge is 0.478 e. The number of aromatic amines is 1. The SMILES string of the molecule is CCCc1c(Cc2ccc(-c3ccccc3-c3noc(=O)[nH]3)cc2)c(=O)nc(C)n1Cc1ccccc1C(=O)O. The fraction of sp³-hybridized carbons (Fsp3) is 0.194. The lowest BCUT2D eigenvalue weighted by Crippen LogP contribution is -2.26. The Morgan fingerprint density at radius 3 is 2.35 bits per heavy atom. The average Bonchev–Trinajstić information content (AvgIpc) is 3.39. The maximum Gasteiger partial charge on any atom is 0.439 e. The van der Waals surface area contributed by atoms with Crippen molar-refractivity contribution in [2.24, 2.45) is 0 Å². The number of H-pyrrole nitrogens is 1. The first kappa shape index (κ1) is 26.6. The number of carboxylic acid groups (broad SMARTS) is 1. The van der Waals surface area contributed by atoms with Gasteiger partial charge in [-0.2, -0.15) is 4.98 Å². The van der Waals surface area contributed by atoms with Gasteiger partial charge in [0.05, 0.1) is 5.56 Å². The Bertz CT molecular complexity index is 1800. The Labute approximate surface area is 229 Å². The van der Waals surface area contributed by atoms with E-state index < -0.39 is 11.7 Å². The minimum atomic E-state index is -0.990. The molecule has 9 heteroatoms. The summed E-state index contributed by atoms with van der Waals surface area (Å²) < 4.78 is 6.65. The van der Waals surface area contributed by atoms with Crippen LogP contribution in [-0.2, 0) is 19.4 Å². The van der Waals surface area contributed by atoms with Crippen molar-refractivity contribution in [3.8, 4) is 22.5 Å². The highest BCUT2D eigenvalue weighted by Gasteiger charge is 2.18. The van der Waals surface area contributed by atoms with Crippen molar-refractivity contribution in [3.05, 3.63) is 127 Å². The zero-order chi connectivity index (χ0) is 28.2. The monoisotopic (exact) mass is 536 g/mol. The molecule has 0 saturated heterocycles. The molecule has 2 aromatic heterocycles. The van der Waals surface area contributed by atoms with Gasteiger partial charge in [-0.25, -0.2) is 9.59 Å². The molecule has 3 aromatic carbocycles. The van der Waals surface area contributed by atoms with Crippen molar-refractivity contribution in [1.29, 1.82) is 0 Å². The molecule has 0 saturated carbocycles. The van der Waals surface area contributed by atoms with E-state index in [0.29, 0.717) is 42.2 Å². The number of benzene rings is 3. The number of aromatic nitrogens is 4. The van der Waals surface area contributed by atoms with E-state index in [1.807, 2.05) is 66.1 Å². The second kappa shape index (κ2) is 11.4. The quantitative estimate of drug-likeness (QED) is 0.275. The van der Waals surface area contributed by atoms with Gasteiger partial charge in [0.1, 0.15) is 5.82 Å². The highest BCUT2D eigenvalue weighted by atomic mass is 16.5. The van der Waals surface area contributed by atoms with Crippen LogP contribution in [0.4, 0.5) is 0 Å². The third kappa shape index (κ3) is 5.40. The third-order valence-corrected chi connectivity index (χ3v) is 6.92. The van der Waals surface area contributed by atoms with Crippen molar-refractivity contribution >= 4 is 5.97 Å². The highest BCUT2D eigenvalue weighted by molar-refractivity contribution is 5.89. The van der Waals surface area contributed by atoms with Gasteiger partial charge >= 0.3 is 11.7 Å². The predicted octanol–water partition coefficient (Wildman–Crippen LogP) is 4.85. The normalized spacial score (nSPS) is 11.1. The molecule has 0 aliphatic rings. The molecule has 0 atom stereocenters. The summed E-state index contributed by atoms with van der Waals surface area (Å²) in [6.45, 7) is 4.14. The molecule has 0 spiro atoms. The lowest BCUT2D eigenvalue weighted by molar-refractivity contribution is 0.0695. The average molecular weight is 537 g/mol. The summed E-state index contributed by atoms with van der Waals surface area (Å²) in [6.07, 6.45) is 1.86. The van der Waals surface area contributed by atoms with Gasteiger partial charge in [0.25, 0.3) is 5.56 Å². The van der Waals surface area contributed by atoms with E-state index in [9.17, 15) is 19.5 Å². The van der Waals surface area contributed by atoms with Gasteiger partial charge in [-0.05, 0) is 41.7 Å². The minimum absolute atomic E-state index is 0.232. The number of carbonyl (C=O) groups is 1. The number of aromatic carboxylic acids is 1. The number of aryl methyl sites for hydroxylation is 1. The molecule has 5 rings (SSSR count). The molecule has 9 nitrogen and oxygen atoms in total. The molecule has 0 bridgehead atoms. The first-order valence-corrected chi connectivity index (χ1v) is 13.0. The fourth-order valence-corrected chi connectivity index (χ4v) is 5.00. The summed E-state index contributed by atoms with van der Waals surface area (Å²) >= 11 is 0. The summed E-state index contributed by atoms with van der Waals surface area (Å²) in [5.41, 5.74) is 5.56. The second-order valence-electron chi connectivity index (χ2n) is 9.55. The number of nitrogens with one attached hydrogen (secondary N) is 1. The topological polar surface area (TPSA) is 131 Å². The van der Waals surface area contributed by atoms with Crippen molar-refractivity contribution in [2.45, 2.75) is 39.7 Å². The summed E-state index contributed by atoms with van der Waals surface area (Å²) in [6, 6.07) is 22.3. The van der Waals surface area contributed by atoms with Crippen LogP contribution in [0.25, 0.3) is 22.5 Å². The Balaban J connectivity index is 1.50. The molecule has 0 unspecified atom stereocenters. The summed E-state index contributed by atoms with van der Waals surface area (Å²) in [5, 5.41) is 13.5. The van der Waals surface area contributed by atoms with Crippen LogP contribution in [0.1, 0.15) is 51.9 Å². The summed E-state index contributed by atoms with van der Waals surface area (Å²) in [5.74, 6) is -0.706. The number of carboxylic acids is 1. The molecule has 0 aliphatic carbocycles. The van der Waals surface area contributed by atoms with Crippen LogP contribution in [-0.4, -0.2) is 30.8 Å². The second-order valence-corrected chi connectivity index (χ2v) is 9.55. The number of hydrogen-bond donors (Lipinski definition) is 2. The molecule has 202 valence electrons. The zero-order valence-electron chi connectivity index (χ0n) is 22.2. The number of hydrogen-bond acceptors (Lipinski definition) is 6. The molecule has 2 heterocycles. The van der Waals surface area contributed by atoms with Gasteiger partial charge in [-0.15, -0.1) is 0 Å². The van der Waals surface area contributed by atoms with E-state index in [-0.39, 0.29) is 11.1 Å². The van der Waals surface area contributed by atoms with Gasteiger partial charge < -0.3 is 9.67 Å². The zero-order valence-corrected chi connectivity index (χ0v) is 22.2. The predicted molar refractivity (Wildman–Crippen MR) is 151 cm³/mol. The van der Waals surface area contributed by atoms with E-state index in [4.69, 9.17) is 0 Å². The maximum absolute atomic E-state index is 13.1. The smallest absolute Gasteiger partial charge is 0.439 e. The number of rotatable bonds is 9. The van der Waals surface area contributed by atoms with Crippen molar-refractivity contribution in [2.75, 3.05) is 0 Å². The van der Waals surface area contributed by atoms with Gasteiger partial charge in [0.15, 0.2) is 5.82 Å². The molecular formula is C31H28N4O5. The van der Waals surface area contributed by atoms with Crippen LogP contribution in [0.5, 0.6) is 0 Å². The Hall–Kier alpha value is -5.05. The van der Waals surface area contributed by atoms with E-state index in [1.54, 1.807) is 25.1 Å². The number of nitrogens with zero attached hydrogens (tertiary/aromatic N) is 3. The standard InChI is InChI=1S/C31H28N4O5/c1-3-8-27-26(29(36)32-19(2)35(27)18-22-9-4-5-11-24(22)30(37)38)17-20-13-15-21(16-14-20)23-10-6-7-12-25(23)28-33-31(39)40-34-28/h4-7,9-16H,3,8,17-18H2,1-2H3,(H,37,38)(H,33,34,39). The first-order chi connectivity index (χ1) is 19.4. The molecule has 0 aliphatic heterocycles. The van der Waals surface area contributed by atoms with Gasteiger partial charge in [0.2, 0.25) is 0 Å². The molecule has 2 N–H and O–H groups in total. The van der Waals surface area contributed by atoms with Crippen molar-refractivity contribution in [1.82, 2.24) is 19.7 Å². The first-order valence-electron chi connectivity index (χ1n) is 13.0. The molecule has 0 amide bonds. The van der Waals surface area contributed by atoms with Crippen molar-refractivity contribution in [3.63, 3.8) is 0 Å². The fourth-order valence-electron chi connectivity index (χ4n) is 5.00. The van der Waals surface area contributed by atoms with Crippen LogP contribution in [0.2, 0.25) is 0 Å². The molecule has 5 aromatic rings. The van der Waals surface area contributed by atoms with E-state index in [1.165, 1.54) is 0 Å². The molecule has 0 fully saturated rings. The Morgan fingerprint density at radius 2 is 1.68 bits per heavy atom. The lowest BCUT2D eigenvalue weighted by Gasteiger charge is -2.20.